The summed E-state index contributed by atoms with van der Waals surface area (Å²) >= 11 is 0. The van der Waals surface area contributed by atoms with E-state index < -0.39 is 0 Å². The van der Waals surface area contributed by atoms with Crippen LogP contribution in [-0.4, -0.2) is 18.6 Å². The minimum atomic E-state index is 0.494. The molecule has 1 aliphatic carbocycles. The summed E-state index contributed by atoms with van der Waals surface area (Å²) in [4.78, 5) is 0. The molecule has 0 spiro atoms. The van der Waals surface area contributed by atoms with Crippen LogP contribution in [0.1, 0.15) is 66.2 Å². The quantitative estimate of drug-likeness (QED) is 0.711. The minimum Gasteiger partial charge on any atom is -0.329 e. The third-order valence-corrected chi connectivity index (χ3v) is 4.56. The maximum atomic E-state index is 6.04. The lowest BCUT2D eigenvalue weighted by Crippen LogP contribution is -2.50. The predicted molar refractivity (Wildman–Crippen MR) is 80.6 cm³/mol. The lowest BCUT2D eigenvalue weighted by atomic mass is 9.79. The van der Waals surface area contributed by atoms with E-state index in [-0.39, 0.29) is 0 Å². The number of hydrogen-bond acceptors (Lipinski definition) is 2. The molecule has 1 rings (SSSR count). The van der Waals surface area contributed by atoms with Crippen molar-refractivity contribution in [2.45, 2.75) is 78.3 Å². The average molecular weight is 254 g/mol. The number of nitrogens with two attached hydrogens (primary N) is 1. The van der Waals surface area contributed by atoms with Gasteiger partial charge < -0.3 is 11.1 Å². The van der Waals surface area contributed by atoms with Gasteiger partial charge in [-0.25, -0.2) is 0 Å². The molecule has 3 N–H and O–H groups in total. The zero-order valence-corrected chi connectivity index (χ0v) is 12.9. The van der Waals surface area contributed by atoms with Gasteiger partial charge in [0.15, 0.2) is 0 Å². The predicted octanol–water partition coefficient (Wildman–Crippen LogP) is 3.55. The van der Waals surface area contributed by atoms with Crippen LogP contribution in [0.25, 0.3) is 0 Å². The van der Waals surface area contributed by atoms with Gasteiger partial charge in [0.05, 0.1) is 0 Å². The Labute approximate surface area is 114 Å². The molecule has 1 fully saturated rings. The molecule has 1 atom stereocenters. The van der Waals surface area contributed by atoms with Gasteiger partial charge >= 0.3 is 0 Å². The highest BCUT2D eigenvalue weighted by Gasteiger charge is 2.28. The monoisotopic (exact) mass is 254 g/mol. The van der Waals surface area contributed by atoms with Crippen LogP contribution in [0.5, 0.6) is 0 Å². The molecule has 0 aromatic carbocycles. The molecule has 1 unspecified atom stereocenters. The Balaban J connectivity index is 2.57. The largest absolute Gasteiger partial charge is 0.329 e. The molecule has 0 bridgehead atoms. The summed E-state index contributed by atoms with van der Waals surface area (Å²) in [5, 5.41) is 3.88. The van der Waals surface area contributed by atoms with Crippen molar-refractivity contribution in [2.24, 2.45) is 23.5 Å². The molecule has 2 heteroatoms. The molecule has 18 heavy (non-hydrogen) atoms. The van der Waals surface area contributed by atoms with Gasteiger partial charge in [-0.3, -0.25) is 0 Å². The molecule has 0 aliphatic heterocycles. The van der Waals surface area contributed by atoms with E-state index in [1.807, 2.05) is 0 Å². The van der Waals surface area contributed by atoms with Crippen molar-refractivity contribution in [1.29, 1.82) is 0 Å². The van der Waals surface area contributed by atoms with Gasteiger partial charge in [-0.15, -0.1) is 0 Å². The molecule has 1 aliphatic rings. The topological polar surface area (TPSA) is 38.0 Å². The van der Waals surface area contributed by atoms with Crippen molar-refractivity contribution in [3.8, 4) is 0 Å². The average Bonchev–Trinajstić information content (AvgIpc) is 2.55. The van der Waals surface area contributed by atoms with Gasteiger partial charge in [0.25, 0.3) is 0 Å². The lowest BCUT2D eigenvalue weighted by Gasteiger charge is -2.36. The van der Waals surface area contributed by atoms with Crippen molar-refractivity contribution in [1.82, 2.24) is 5.32 Å². The fourth-order valence-electron chi connectivity index (χ4n) is 3.78. The van der Waals surface area contributed by atoms with Crippen LogP contribution in [-0.2, 0) is 0 Å². The zero-order chi connectivity index (χ0) is 13.5. The molecule has 0 aromatic rings. The van der Waals surface area contributed by atoms with Gasteiger partial charge in [-0.05, 0) is 30.6 Å². The van der Waals surface area contributed by atoms with Gasteiger partial charge in [0.2, 0.25) is 0 Å². The second kappa shape index (κ2) is 8.16. The molecule has 0 radical (unpaired) electrons. The first-order valence-corrected chi connectivity index (χ1v) is 8.02. The van der Waals surface area contributed by atoms with E-state index in [1.54, 1.807) is 0 Å². The summed E-state index contributed by atoms with van der Waals surface area (Å²) in [5.41, 5.74) is 6.04. The van der Waals surface area contributed by atoms with Gasteiger partial charge in [-0.2, -0.15) is 0 Å². The van der Waals surface area contributed by atoms with Crippen molar-refractivity contribution in [3.05, 3.63) is 0 Å². The Kier molecular flexibility index (Phi) is 7.25. The van der Waals surface area contributed by atoms with Crippen LogP contribution in [0.4, 0.5) is 0 Å². The minimum absolute atomic E-state index is 0.494. The van der Waals surface area contributed by atoms with Crippen LogP contribution >= 0.6 is 0 Å². The molecule has 0 heterocycles. The number of rotatable bonds is 6. The van der Waals surface area contributed by atoms with Crippen molar-refractivity contribution in [2.75, 3.05) is 6.54 Å². The molecule has 0 amide bonds. The van der Waals surface area contributed by atoms with Gasteiger partial charge in [0, 0.05) is 18.6 Å². The second-order valence-electron chi connectivity index (χ2n) is 6.76. The molecule has 108 valence electrons. The highest BCUT2D eigenvalue weighted by atomic mass is 15.0. The Morgan fingerprint density at radius 1 is 0.944 bits per heavy atom. The summed E-state index contributed by atoms with van der Waals surface area (Å²) in [6.45, 7) is 10.1. The van der Waals surface area contributed by atoms with Crippen LogP contribution in [0, 0.1) is 17.8 Å². The lowest BCUT2D eigenvalue weighted by molar-refractivity contribution is 0.195. The standard InChI is InChI=1S/C16H34N2/c1-12(2)16(13(3)4)15(11-17)18-14-9-7-5-6-8-10-14/h12-16,18H,5-11,17H2,1-4H3. The van der Waals surface area contributed by atoms with Crippen LogP contribution in [0.15, 0.2) is 0 Å². The molecule has 1 saturated carbocycles. The van der Waals surface area contributed by atoms with E-state index in [1.165, 1.54) is 38.5 Å². The van der Waals surface area contributed by atoms with E-state index in [9.17, 15) is 0 Å². The highest BCUT2D eigenvalue weighted by Crippen LogP contribution is 2.26. The fourth-order valence-corrected chi connectivity index (χ4v) is 3.78. The summed E-state index contributed by atoms with van der Waals surface area (Å²) in [5.74, 6) is 2.10. The van der Waals surface area contributed by atoms with E-state index in [0.717, 1.165) is 6.54 Å². The molecule has 0 aromatic heterocycles. The summed E-state index contributed by atoms with van der Waals surface area (Å²) < 4.78 is 0. The summed E-state index contributed by atoms with van der Waals surface area (Å²) in [6, 6.07) is 1.20. The smallest absolute Gasteiger partial charge is 0.0225 e. The highest BCUT2D eigenvalue weighted by molar-refractivity contribution is 4.85. The van der Waals surface area contributed by atoms with Gasteiger partial charge in [-0.1, -0.05) is 53.4 Å². The molecule has 2 nitrogen and oxygen atoms in total. The van der Waals surface area contributed by atoms with E-state index in [0.29, 0.717) is 29.8 Å². The molecule has 0 saturated heterocycles. The number of hydrogen-bond donors (Lipinski definition) is 2. The van der Waals surface area contributed by atoms with Crippen molar-refractivity contribution in [3.63, 3.8) is 0 Å². The normalized spacial score (nSPS) is 20.7. The first-order chi connectivity index (χ1) is 8.56. The third kappa shape index (κ3) is 4.89. The third-order valence-electron chi connectivity index (χ3n) is 4.56. The Morgan fingerprint density at radius 3 is 1.83 bits per heavy atom. The summed E-state index contributed by atoms with van der Waals surface area (Å²) in [6.07, 6.45) is 8.32. The molecular weight excluding hydrogens is 220 g/mol. The Morgan fingerprint density at radius 2 is 1.44 bits per heavy atom. The fraction of sp³-hybridized carbons (Fsp3) is 1.00. The van der Waals surface area contributed by atoms with Crippen LogP contribution < -0.4 is 11.1 Å². The first kappa shape index (κ1) is 16.0. The van der Waals surface area contributed by atoms with Gasteiger partial charge in [0.1, 0.15) is 0 Å². The van der Waals surface area contributed by atoms with E-state index in [4.69, 9.17) is 5.73 Å². The SMILES string of the molecule is CC(C)C(C(C)C)C(CN)NC1CCCCCC1. The van der Waals surface area contributed by atoms with E-state index in [2.05, 4.69) is 33.0 Å². The van der Waals surface area contributed by atoms with E-state index >= 15 is 0 Å². The Bertz CT molecular complexity index is 197. The second-order valence-corrected chi connectivity index (χ2v) is 6.76. The van der Waals surface area contributed by atoms with Crippen molar-refractivity contribution < 1.29 is 0 Å². The molecular formula is C16H34N2. The van der Waals surface area contributed by atoms with Crippen molar-refractivity contribution >= 4 is 0 Å². The zero-order valence-electron chi connectivity index (χ0n) is 12.9. The Hall–Kier alpha value is -0.0800. The maximum absolute atomic E-state index is 6.04. The van der Waals surface area contributed by atoms with Crippen LogP contribution in [0.3, 0.4) is 0 Å². The van der Waals surface area contributed by atoms with Crippen LogP contribution in [0.2, 0.25) is 0 Å². The maximum Gasteiger partial charge on any atom is 0.0225 e. The summed E-state index contributed by atoms with van der Waals surface area (Å²) in [7, 11) is 0. The first-order valence-electron chi connectivity index (χ1n) is 8.02. The number of nitrogens with one attached hydrogen (secondary N) is 1.